The largest absolute Gasteiger partial charge is 0.796 e. The van der Waals surface area contributed by atoms with Crippen LogP contribution in [0.4, 0.5) is 8.63 Å². The first-order valence-corrected chi connectivity index (χ1v) is 62.8. The smallest absolute Gasteiger partial charge is 0.503 e. The average Bonchev–Trinajstić information content (AvgIpc) is 1.61. The summed E-state index contributed by atoms with van der Waals surface area (Å²) in [6.07, 6.45) is 113. The first kappa shape index (κ1) is 123. The standard InChI is InChI=1S/C131H217BF2N2O8/c1-7-13-19-25-31-37-43-49-55-61-67-73-79-89-99-138-122-107-114-110-95-85-87-97-112(110)126-116(124(114)130(142-103-93-83-77-71-65-59-53-47-41-35-29-23-17-11-5)128(122)140-101-91-81-75-69-63-57-51-45-39-33-27-21-15-9-3)105-118(135-126)120(137)109-121(144-132(133)134)119-106-117-125-115(111-96-86-88-98-113(111)127(117)136-119)108-123(139-100-90-80-74-68-62-56-50-44-38-32-26-20-14-8-2)129(141-102-92-82-76-70-64-58-52-46-40-34-28-22-16-10-4)131(125)143-104-94-84-78-72-66-60-54-48-42-36-30-24-18-12-6/h85-88,95-98,105-109,116-117,126-127,135-136H,7-84,89-94,99-104H2,1-6H3/b121-109-. The van der Waals surface area contributed by atoms with Gasteiger partial charge in [-0.2, -0.15) is 0 Å². The van der Waals surface area contributed by atoms with Crippen molar-refractivity contribution in [2.24, 2.45) is 0 Å². The van der Waals surface area contributed by atoms with Gasteiger partial charge in [-0.3, -0.25) is 4.79 Å². The molecule has 4 aromatic rings. The molecule has 2 aliphatic heterocycles. The van der Waals surface area contributed by atoms with Crippen molar-refractivity contribution in [2.45, 2.75) is 605 Å². The predicted octanol–water partition coefficient (Wildman–Crippen LogP) is 42.5. The summed E-state index contributed by atoms with van der Waals surface area (Å²) in [6.45, 7) is 17.0. The molecular formula is C131H217BF2N2O8. The van der Waals surface area contributed by atoms with Gasteiger partial charge in [0.15, 0.2) is 23.0 Å². The van der Waals surface area contributed by atoms with E-state index >= 15 is 13.4 Å². The van der Waals surface area contributed by atoms with Gasteiger partial charge in [0.2, 0.25) is 17.3 Å². The number of unbranched alkanes of at least 4 members (excludes halogenated alkanes) is 78. The van der Waals surface area contributed by atoms with E-state index in [9.17, 15) is 0 Å². The van der Waals surface area contributed by atoms with Gasteiger partial charge in [-0.05, 0) is 96.2 Å². The Bertz CT molecular complexity index is 3950. The molecule has 4 unspecified atom stereocenters. The first-order valence-electron chi connectivity index (χ1n) is 62.8. The second-order valence-electron chi connectivity index (χ2n) is 44.5. The molecule has 0 amide bonds. The predicted molar refractivity (Wildman–Crippen MR) is 614 cm³/mol. The highest BCUT2D eigenvalue weighted by Gasteiger charge is 2.45. The van der Waals surface area contributed by atoms with E-state index in [0.717, 1.165) is 128 Å². The van der Waals surface area contributed by atoms with E-state index in [2.05, 4.69) is 113 Å². The number of allylic oxidation sites excluding steroid dienone is 1. The molecule has 2 heterocycles. The molecule has 0 aromatic heterocycles. The van der Waals surface area contributed by atoms with E-state index in [-0.39, 0.29) is 11.8 Å². The summed E-state index contributed by atoms with van der Waals surface area (Å²) >= 11 is 0. The van der Waals surface area contributed by atoms with E-state index < -0.39 is 31.1 Å². The zero-order chi connectivity index (χ0) is 101. The fourth-order valence-electron chi connectivity index (χ4n) is 23.0. The normalized spacial score (nSPS) is 14.9. The maximum atomic E-state index is 15.9. The van der Waals surface area contributed by atoms with E-state index in [0.29, 0.717) is 85.5 Å². The second-order valence-corrected chi connectivity index (χ2v) is 44.5. The molecule has 816 valence electrons. The van der Waals surface area contributed by atoms with Crippen LogP contribution in [0.1, 0.15) is 627 Å². The molecule has 10 nitrogen and oxygen atoms in total. The third kappa shape index (κ3) is 50.2. The summed E-state index contributed by atoms with van der Waals surface area (Å²) < 4.78 is 80.6. The summed E-state index contributed by atoms with van der Waals surface area (Å²) in [5.74, 6) is 2.55. The number of carbonyl (C=O) groups is 1. The lowest BCUT2D eigenvalue weighted by Gasteiger charge is -2.34. The molecule has 13 heteroatoms. The maximum Gasteiger partial charge on any atom is 0.796 e. The molecule has 4 aromatic carbocycles. The van der Waals surface area contributed by atoms with Crippen LogP contribution in [-0.2, 0) is 9.45 Å². The van der Waals surface area contributed by atoms with Crippen molar-refractivity contribution < 1.29 is 46.5 Å². The minimum atomic E-state index is -3.23. The Hall–Kier alpha value is -6.11. The fourth-order valence-corrected chi connectivity index (χ4v) is 23.0. The molecule has 0 bridgehead atoms. The summed E-state index contributed by atoms with van der Waals surface area (Å²) in [5.41, 5.74) is 8.66. The fraction of sp³-hybridized carbons (Fsp3) is 0.763. The van der Waals surface area contributed by atoms with E-state index in [4.69, 9.17) is 33.1 Å². The molecular weight excluding hydrogens is 1780 g/mol. The highest BCUT2D eigenvalue weighted by molar-refractivity contribution is 6.35. The summed E-state index contributed by atoms with van der Waals surface area (Å²) in [5, 5.41) is 7.53. The highest BCUT2D eigenvalue weighted by atomic mass is 19.2. The van der Waals surface area contributed by atoms with Crippen molar-refractivity contribution in [1.29, 1.82) is 0 Å². The lowest BCUT2D eigenvalue weighted by Crippen LogP contribution is -2.26. The van der Waals surface area contributed by atoms with Crippen LogP contribution in [-0.4, -0.2) is 52.9 Å². The van der Waals surface area contributed by atoms with Gasteiger partial charge in [-0.25, -0.2) is 8.63 Å². The monoisotopic (exact) mass is 2000 g/mol. The van der Waals surface area contributed by atoms with Gasteiger partial charge in [0, 0.05) is 29.0 Å². The quantitative estimate of drug-likeness (QED) is 0.0192. The summed E-state index contributed by atoms with van der Waals surface area (Å²) in [7, 11) is -3.23. The number of nitrogens with one attached hydrogen (secondary N) is 2. The minimum absolute atomic E-state index is 0.217. The Labute approximate surface area is 884 Å². The molecule has 8 rings (SSSR count). The van der Waals surface area contributed by atoms with Crippen LogP contribution in [0.2, 0.25) is 0 Å². The SMILES string of the molecule is CCCCCCCCCCCCCCCCOc1cc2c(c(OCCCCCCCCCCCCCCCC)c1OCCCCCCCCCCCCCCCC)C1C=C(C(=O)/C=C(\OB(F)F)C3=CC4c5c(cc(OCCCCCCCCCCCCCCCC)c(OCCCCCCCCCCCCCCCC)c5OCCCCCCCCCCCCCCCC)-c5ccccc5C4N3)NC1c1ccccc1-2. The van der Waals surface area contributed by atoms with Crippen LogP contribution in [0.15, 0.2) is 96.0 Å². The Morgan fingerprint density at radius 3 is 0.694 bits per heavy atom. The molecule has 0 spiro atoms. The van der Waals surface area contributed by atoms with E-state index in [1.165, 1.54) is 462 Å². The second kappa shape index (κ2) is 82.6. The van der Waals surface area contributed by atoms with Crippen LogP contribution in [0.25, 0.3) is 22.3 Å². The van der Waals surface area contributed by atoms with Crippen molar-refractivity contribution in [2.75, 3.05) is 39.6 Å². The van der Waals surface area contributed by atoms with Crippen LogP contribution >= 0.6 is 0 Å². The number of ketones is 1. The maximum absolute atomic E-state index is 15.9. The molecule has 4 aliphatic rings. The number of carbonyl (C=O) groups excluding carboxylic acids is 1. The first-order chi connectivity index (χ1) is 71.3. The number of rotatable bonds is 101. The van der Waals surface area contributed by atoms with Gasteiger partial charge in [-0.1, -0.05) is 591 Å². The Morgan fingerprint density at radius 1 is 0.257 bits per heavy atom. The van der Waals surface area contributed by atoms with Crippen molar-refractivity contribution in [1.82, 2.24) is 10.6 Å². The third-order valence-electron chi connectivity index (χ3n) is 31.8. The Morgan fingerprint density at radius 2 is 0.458 bits per heavy atom. The summed E-state index contributed by atoms with van der Waals surface area (Å²) in [4.78, 5) is 15.9. The number of ether oxygens (including phenoxy) is 6. The van der Waals surface area contributed by atoms with Gasteiger partial charge in [0.05, 0.1) is 63.1 Å². The molecule has 144 heavy (non-hydrogen) atoms. The molecule has 0 saturated carbocycles. The van der Waals surface area contributed by atoms with Crippen LogP contribution in [0.5, 0.6) is 34.5 Å². The van der Waals surface area contributed by atoms with Crippen molar-refractivity contribution in [3.05, 3.63) is 118 Å². The summed E-state index contributed by atoms with van der Waals surface area (Å²) in [6, 6.07) is 20.7. The van der Waals surface area contributed by atoms with Crippen molar-refractivity contribution in [3.63, 3.8) is 0 Å². The van der Waals surface area contributed by atoms with Gasteiger partial charge in [0.25, 0.3) is 0 Å². The van der Waals surface area contributed by atoms with E-state index in [1.54, 1.807) is 0 Å². The van der Waals surface area contributed by atoms with Gasteiger partial charge >= 0.3 is 7.47 Å². The molecule has 0 fully saturated rings. The number of benzene rings is 4. The zero-order valence-electron chi connectivity index (χ0n) is 94.1. The van der Waals surface area contributed by atoms with Crippen molar-refractivity contribution >= 4 is 13.3 Å². The third-order valence-corrected chi connectivity index (χ3v) is 31.8. The molecule has 2 N–H and O–H groups in total. The van der Waals surface area contributed by atoms with Gasteiger partial charge in [0.1, 0.15) is 5.76 Å². The highest BCUT2D eigenvalue weighted by Crippen LogP contribution is 2.60. The lowest BCUT2D eigenvalue weighted by atomic mass is 9.75. The topological polar surface area (TPSA) is 106 Å². The van der Waals surface area contributed by atoms with Gasteiger partial charge < -0.3 is 43.7 Å². The molecule has 2 aliphatic carbocycles. The number of hydrogen-bond donors (Lipinski definition) is 2. The number of hydrogen-bond acceptors (Lipinski definition) is 10. The number of halogens is 2. The van der Waals surface area contributed by atoms with E-state index in [1.807, 2.05) is 12.2 Å². The Kier molecular flexibility index (Phi) is 70.6. The van der Waals surface area contributed by atoms with Crippen LogP contribution < -0.4 is 39.1 Å². The van der Waals surface area contributed by atoms with Crippen molar-refractivity contribution in [3.8, 4) is 56.8 Å². The van der Waals surface area contributed by atoms with Gasteiger partial charge in [-0.15, -0.1) is 0 Å². The number of fused-ring (bicyclic) bond motifs is 12. The molecule has 0 radical (unpaired) electrons. The lowest BCUT2D eigenvalue weighted by molar-refractivity contribution is -0.111. The average molecular weight is 2000 g/mol. The Balaban J connectivity index is 1.10. The molecule has 4 atom stereocenters. The van der Waals surface area contributed by atoms with Crippen LogP contribution in [0.3, 0.4) is 0 Å². The minimum Gasteiger partial charge on any atom is -0.503 e. The van der Waals surface area contributed by atoms with Crippen LogP contribution in [0, 0.1) is 0 Å². The molecule has 0 saturated heterocycles. The zero-order valence-corrected chi connectivity index (χ0v) is 94.1.